The molecular weight excluding hydrogens is 215 g/mol. The van der Waals surface area contributed by atoms with E-state index in [4.69, 9.17) is 4.42 Å². The third kappa shape index (κ3) is 1.04. The number of hydrogen-bond donors (Lipinski definition) is 0. The van der Waals surface area contributed by atoms with Crippen molar-refractivity contribution in [2.24, 2.45) is 0 Å². The summed E-state index contributed by atoms with van der Waals surface area (Å²) in [5.74, 6) is 0.968. The van der Waals surface area contributed by atoms with E-state index in [1.54, 1.807) is 0 Å². The third-order valence-electron chi connectivity index (χ3n) is 1.94. The predicted molar refractivity (Wildman–Crippen MR) is 51.9 cm³/mol. The molecule has 60 valence electrons. The molecule has 0 bridgehead atoms. The van der Waals surface area contributed by atoms with Gasteiger partial charge in [-0.1, -0.05) is 0 Å². The first-order chi connectivity index (χ1) is 5.83. The van der Waals surface area contributed by atoms with Gasteiger partial charge in [-0.25, -0.2) is 0 Å². The minimum atomic E-state index is 0.955. The maximum atomic E-state index is 5.54. The molecule has 0 aliphatic carbocycles. The number of rotatable bonds is 1. The molecule has 2 aromatic rings. The Hall–Kier alpha value is -0.851. The van der Waals surface area contributed by atoms with Crippen molar-refractivity contribution in [2.45, 2.75) is 6.92 Å². The first kappa shape index (κ1) is 7.78. The summed E-state index contributed by atoms with van der Waals surface area (Å²) < 4.78 is 5.54. The van der Waals surface area contributed by atoms with E-state index in [0.717, 1.165) is 16.9 Å². The molecule has 0 aliphatic heterocycles. The fourth-order valence-electron chi connectivity index (χ4n) is 1.33. The van der Waals surface area contributed by atoms with Gasteiger partial charge in [-0.05, 0) is 0 Å². The van der Waals surface area contributed by atoms with Gasteiger partial charge in [-0.2, -0.15) is 0 Å². The molecule has 1 heterocycles. The molecule has 0 saturated heterocycles. The van der Waals surface area contributed by atoms with Gasteiger partial charge >= 0.3 is 78.4 Å². The van der Waals surface area contributed by atoms with Crippen LogP contribution >= 0.6 is 0 Å². The van der Waals surface area contributed by atoms with Gasteiger partial charge in [0.15, 0.2) is 0 Å². The molecule has 1 aromatic carbocycles. The molecule has 2 rings (SSSR count). The fourth-order valence-corrected chi connectivity index (χ4v) is 1.95. The molecule has 1 nitrogen and oxygen atoms in total. The molecule has 0 unspecified atom stereocenters. The molecule has 0 fully saturated rings. The van der Waals surface area contributed by atoms with Crippen LogP contribution in [0.4, 0.5) is 0 Å². The van der Waals surface area contributed by atoms with Crippen molar-refractivity contribution in [3.63, 3.8) is 0 Å². The van der Waals surface area contributed by atoms with Crippen molar-refractivity contribution in [2.75, 3.05) is 0 Å². The van der Waals surface area contributed by atoms with Crippen molar-refractivity contribution in [1.29, 1.82) is 0 Å². The summed E-state index contributed by atoms with van der Waals surface area (Å²) in [6.45, 7) is 1.98. The van der Waals surface area contributed by atoms with Crippen molar-refractivity contribution in [1.82, 2.24) is 0 Å². The van der Waals surface area contributed by atoms with E-state index in [9.17, 15) is 0 Å². The SMILES string of the molecule is Cc1oc2ccccc2c1C=[Se]. The zero-order valence-electron chi connectivity index (χ0n) is 6.70. The molecule has 0 radical (unpaired) electrons. The summed E-state index contributed by atoms with van der Waals surface area (Å²) in [4.78, 5) is 1.96. The van der Waals surface area contributed by atoms with Crippen LogP contribution in [0.2, 0.25) is 0 Å². The second-order valence-electron chi connectivity index (χ2n) is 2.69. The standard InChI is InChI=1S/C10H8OSe/c1-7-9(6-12)8-4-2-3-5-10(8)11-7/h2-6H,1H3. The molecule has 1 aromatic heterocycles. The summed E-state index contributed by atoms with van der Waals surface area (Å²) in [6, 6.07) is 8.04. The topological polar surface area (TPSA) is 13.1 Å². The van der Waals surface area contributed by atoms with Crippen LogP contribution in [0.1, 0.15) is 11.3 Å². The third-order valence-corrected chi connectivity index (χ3v) is 2.43. The van der Waals surface area contributed by atoms with E-state index in [0.29, 0.717) is 0 Å². The molecule has 2 heteroatoms. The van der Waals surface area contributed by atoms with E-state index in [-0.39, 0.29) is 0 Å². The van der Waals surface area contributed by atoms with Gasteiger partial charge in [0.25, 0.3) is 0 Å². The van der Waals surface area contributed by atoms with E-state index in [1.807, 2.05) is 30.0 Å². The van der Waals surface area contributed by atoms with Crippen LogP contribution in [0.3, 0.4) is 0 Å². The van der Waals surface area contributed by atoms with Gasteiger partial charge in [0.2, 0.25) is 0 Å². The van der Waals surface area contributed by atoms with Crippen molar-refractivity contribution in [3.8, 4) is 0 Å². The summed E-state index contributed by atoms with van der Waals surface area (Å²) >= 11 is 2.89. The number of furan rings is 1. The molecule has 0 aliphatic rings. The fraction of sp³-hybridized carbons (Fsp3) is 0.100. The summed E-state index contributed by atoms with van der Waals surface area (Å²) in [6.07, 6.45) is 0. The van der Waals surface area contributed by atoms with Crippen LogP contribution in [-0.4, -0.2) is 20.5 Å². The zero-order chi connectivity index (χ0) is 8.55. The number of hydrogen-bond acceptors (Lipinski definition) is 1. The number of fused-ring (bicyclic) bond motifs is 1. The molecular formula is C10H8OSe. The maximum absolute atomic E-state index is 5.54. The molecule has 12 heavy (non-hydrogen) atoms. The molecule has 0 atom stereocenters. The van der Waals surface area contributed by atoms with Crippen LogP contribution in [0.15, 0.2) is 28.7 Å². The van der Waals surface area contributed by atoms with E-state index in [2.05, 4.69) is 21.6 Å². The predicted octanol–water partition coefficient (Wildman–Crippen LogP) is 2.06. The van der Waals surface area contributed by atoms with E-state index in [1.165, 1.54) is 5.39 Å². The Labute approximate surface area is 78.7 Å². The van der Waals surface area contributed by atoms with Crippen molar-refractivity contribution in [3.05, 3.63) is 35.6 Å². The quantitative estimate of drug-likeness (QED) is 0.674. The van der Waals surface area contributed by atoms with Gasteiger partial charge in [0.1, 0.15) is 0 Å². The van der Waals surface area contributed by atoms with Crippen molar-refractivity contribution < 1.29 is 4.42 Å². The van der Waals surface area contributed by atoms with Crippen LogP contribution in [0.5, 0.6) is 0 Å². The second-order valence-corrected chi connectivity index (χ2v) is 3.18. The van der Waals surface area contributed by atoms with Crippen molar-refractivity contribution >= 4 is 31.5 Å². The van der Waals surface area contributed by atoms with Crippen LogP contribution < -0.4 is 0 Å². The molecule has 0 spiro atoms. The average Bonchev–Trinajstić information content (AvgIpc) is 2.40. The molecule has 0 amide bonds. The summed E-state index contributed by atoms with van der Waals surface area (Å²) in [5, 5.41) is 1.17. The normalized spacial score (nSPS) is 10.4. The number of benzene rings is 1. The number of para-hydroxylation sites is 1. The Morgan fingerprint density at radius 1 is 1.33 bits per heavy atom. The second kappa shape index (κ2) is 2.89. The van der Waals surface area contributed by atoms with Gasteiger partial charge in [0, 0.05) is 0 Å². The monoisotopic (exact) mass is 224 g/mol. The summed E-state index contributed by atoms with van der Waals surface area (Å²) in [7, 11) is 0. The van der Waals surface area contributed by atoms with Gasteiger partial charge < -0.3 is 0 Å². The van der Waals surface area contributed by atoms with Gasteiger partial charge in [-0.3, -0.25) is 0 Å². The Balaban J connectivity index is 2.90. The molecule has 0 N–H and O–H groups in total. The van der Waals surface area contributed by atoms with E-state index < -0.39 is 0 Å². The van der Waals surface area contributed by atoms with Crippen LogP contribution in [0.25, 0.3) is 11.0 Å². The minimum absolute atomic E-state index is 0.955. The van der Waals surface area contributed by atoms with Gasteiger partial charge in [-0.15, -0.1) is 0 Å². The summed E-state index contributed by atoms with van der Waals surface area (Å²) in [5.41, 5.74) is 2.11. The van der Waals surface area contributed by atoms with Crippen LogP contribution in [-0.2, 0) is 0 Å². The zero-order valence-corrected chi connectivity index (χ0v) is 8.42. The first-order valence-electron chi connectivity index (χ1n) is 3.76. The number of aryl methyl sites for hydroxylation is 1. The average molecular weight is 223 g/mol. The van der Waals surface area contributed by atoms with Crippen LogP contribution in [0, 0.1) is 6.92 Å². The first-order valence-corrected chi connectivity index (χ1v) is 4.75. The Morgan fingerprint density at radius 3 is 2.83 bits per heavy atom. The van der Waals surface area contributed by atoms with E-state index >= 15 is 0 Å². The Kier molecular flexibility index (Phi) is 1.87. The molecule has 0 saturated carbocycles. The van der Waals surface area contributed by atoms with Gasteiger partial charge in [0.05, 0.1) is 0 Å². The Bertz CT molecular complexity index is 428. The Morgan fingerprint density at radius 2 is 2.08 bits per heavy atom.